The third kappa shape index (κ3) is 5.12. The molecule has 1 unspecified atom stereocenters. The first-order chi connectivity index (χ1) is 19.0. The van der Waals surface area contributed by atoms with E-state index in [4.69, 9.17) is 35.8 Å². The number of hydrogen-bond donors (Lipinski definition) is 1. The molecule has 1 N–H and O–H groups in total. The number of benzene rings is 2. The molecule has 1 saturated carbocycles. The number of nitrogens with zero attached hydrogens (tertiary/aromatic N) is 5. The Kier molecular flexibility index (Phi) is 7.01. The van der Waals surface area contributed by atoms with Crippen LogP contribution in [0.15, 0.2) is 63.9 Å². The third-order valence-corrected chi connectivity index (χ3v) is 7.77. The zero-order valence-corrected chi connectivity index (χ0v) is 22.6. The second kappa shape index (κ2) is 10.7. The van der Waals surface area contributed by atoms with E-state index in [-0.39, 0.29) is 11.6 Å². The predicted molar refractivity (Wildman–Crippen MR) is 148 cm³/mol. The summed E-state index contributed by atoms with van der Waals surface area (Å²) in [6, 6.07) is 17.6. The molecule has 0 bridgehead atoms. The fraction of sp³-hybridized carbons (Fsp3) is 0.345. The monoisotopic (exact) mass is 544 g/mol. The SMILES string of the molecule is COC(c1ccccc1)c1nc2nc(-c3noc(=O)[nH]3)nc(-c3cccc(Cl)c3)c2n1CC1CCC(C)CC1. The summed E-state index contributed by atoms with van der Waals surface area (Å²) in [5, 5.41) is 4.41. The number of methoxy groups -OCH3 is 1. The summed E-state index contributed by atoms with van der Waals surface area (Å²) in [5.74, 6) is 1.65. The Balaban J connectivity index is 1.61. The zero-order valence-electron chi connectivity index (χ0n) is 21.8. The molecular weight excluding hydrogens is 516 g/mol. The van der Waals surface area contributed by atoms with Crippen molar-refractivity contribution >= 4 is 22.8 Å². The largest absolute Gasteiger partial charge is 0.439 e. The minimum absolute atomic E-state index is 0.133. The lowest BCUT2D eigenvalue weighted by Crippen LogP contribution is -2.21. The van der Waals surface area contributed by atoms with Crippen molar-refractivity contribution in [3.63, 3.8) is 0 Å². The first-order valence-corrected chi connectivity index (χ1v) is 13.6. The first kappa shape index (κ1) is 25.5. The third-order valence-electron chi connectivity index (χ3n) is 7.53. The molecule has 0 saturated heterocycles. The molecule has 5 aromatic rings. The summed E-state index contributed by atoms with van der Waals surface area (Å²) in [6.45, 7) is 3.09. The molecule has 1 aliphatic carbocycles. The lowest BCUT2D eigenvalue weighted by atomic mass is 9.83. The Morgan fingerprint density at radius 3 is 2.56 bits per heavy atom. The van der Waals surface area contributed by atoms with Gasteiger partial charge in [-0.2, -0.15) is 0 Å². The molecule has 1 atom stereocenters. The molecule has 200 valence electrons. The molecule has 39 heavy (non-hydrogen) atoms. The summed E-state index contributed by atoms with van der Waals surface area (Å²) in [5.41, 5.74) is 3.72. The van der Waals surface area contributed by atoms with E-state index in [1.165, 1.54) is 12.8 Å². The summed E-state index contributed by atoms with van der Waals surface area (Å²) in [6.07, 6.45) is 4.30. The molecule has 1 aliphatic rings. The van der Waals surface area contributed by atoms with Crippen LogP contribution in [0.3, 0.4) is 0 Å². The van der Waals surface area contributed by atoms with Gasteiger partial charge in [-0.15, -0.1) is 0 Å². The Morgan fingerprint density at radius 2 is 1.87 bits per heavy atom. The summed E-state index contributed by atoms with van der Waals surface area (Å²) >= 11 is 6.41. The maximum Gasteiger partial charge on any atom is 0.439 e. The molecule has 6 rings (SSSR count). The van der Waals surface area contributed by atoms with E-state index < -0.39 is 11.9 Å². The number of imidazole rings is 1. The molecule has 0 spiro atoms. The summed E-state index contributed by atoms with van der Waals surface area (Å²) < 4.78 is 13.0. The molecule has 0 amide bonds. The van der Waals surface area contributed by atoms with E-state index >= 15 is 0 Å². The minimum Gasteiger partial charge on any atom is -0.369 e. The van der Waals surface area contributed by atoms with Gasteiger partial charge in [0.25, 0.3) is 0 Å². The van der Waals surface area contributed by atoms with E-state index in [9.17, 15) is 4.79 Å². The maximum absolute atomic E-state index is 11.7. The number of rotatable bonds is 7. The van der Waals surface area contributed by atoms with E-state index in [2.05, 4.69) is 21.6 Å². The van der Waals surface area contributed by atoms with Crippen LogP contribution in [0.1, 0.15) is 50.1 Å². The standard InChI is InChI=1S/C29H29ClN6O3/c1-17-11-13-18(14-12-17)16-36-23-22(20-9-6-10-21(30)15-20)31-26(27-34-29(37)39-35-27)32-25(23)33-28(36)24(38-2)19-7-4-3-5-8-19/h3-10,15,17-18,24H,11-14,16H2,1-2H3,(H,34,35,37). The Labute approximate surface area is 230 Å². The molecule has 1 fully saturated rings. The number of H-pyrrole nitrogens is 1. The van der Waals surface area contributed by atoms with Crippen molar-refractivity contribution in [1.29, 1.82) is 0 Å². The second-order valence-corrected chi connectivity index (χ2v) is 10.7. The van der Waals surface area contributed by atoms with Gasteiger partial charge >= 0.3 is 5.76 Å². The fourth-order valence-electron chi connectivity index (χ4n) is 5.50. The highest BCUT2D eigenvalue weighted by molar-refractivity contribution is 6.30. The molecule has 3 heterocycles. The van der Waals surface area contributed by atoms with Crippen molar-refractivity contribution in [3.8, 4) is 22.9 Å². The fourth-order valence-corrected chi connectivity index (χ4v) is 5.69. The predicted octanol–water partition coefficient (Wildman–Crippen LogP) is 6.05. The Hall–Kier alpha value is -3.82. The van der Waals surface area contributed by atoms with Gasteiger partial charge in [-0.05, 0) is 42.4 Å². The van der Waals surface area contributed by atoms with Crippen LogP contribution in [0.4, 0.5) is 0 Å². The van der Waals surface area contributed by atoms with Gasteiger partial charge in [0, 0.05) is 24.2 Å². The lowest BCUT2D eigenvalue weighted by Gasteiger charge is -2.28. The van der Waals surface area contributed by atoms with E-state index in [0.29, 0.717) is 22.3 Å². The smallest absolute Gasteiger partial charge is 0.369 e. The highest BCUT2D eigenvalue weighted by atomic mass is 35.5. The minimum atomic E-state index is -0.681. The maximum atomic E-state index is 11.7. The van der Waals surface area contributed by atoms with Crippen LogP contribution in [-0.4, -0.2) is 36.8 Å². The van der Waals surface area contributed by atoms with E-state index in [0.717, 1.165) is 47.8 Å². The van der Waals surface area contributed by atoms with Crippen molar-refractivity contribution in [1.82, 2.24) is 29.7 Å². The lowest BCUT2D eigenvalue weighted by molar-refractivity contribution is 0.124. The van der Waals surface area contributed by atoms with Crippen LogP contribution in [0.5, 0.6) is 0 Å². The number of hydrogen-bond acceptors (Lipinski definition) is 7. The van der Waals surface area contributed by atoms with Crippen molar-refractivity contribution in [2.45, 2.75) is 45.3 Å². The van der Waals surface area contributed by atoms with Gasteiger partial charge in [0.05, 0.1) is 0 Å². The number of aromatic nitrogens is 6. The number of nitrogens with one attached hydrogen (secondary N) is 1. The average Bonchev–Trinajstić information content (AvgIpc) is 3.54. The number of aromatic amines is 1. The van der Waals surface area contributed by atoms with E-state index in [1.54, 1.807) is 7.11 Å². The normalized spacial score (nSPS) is 18.4. The van der Waals surface area contributed by atoms with Crippen molar-refractivity contribution in [3.05, 3.63) is 81.6 Å². The van der Waals surface area contributed by atoms with Gasteiger partial charge in [-0.1, -0.05) is 79.0 Å². The first-order valence-electron chi connectivity index (χ1n) is 13.2. The molecule has 10 heteroatoms. The van der Waals surface area contributed by atoms with Crippen LogP contribution in [0.2, 0.25) is 5.02 Å². The molecule has 9 nitrogen and oxygen atoms in total. The Bertz CT molecular complexity index is 1650. The highest BCUT2D eigenvalue weighted by Gasteiger charge is 2.29. The van der Waals surface area contributed by atoms with Crippen LogP contribution >= 0.6 is 11.6 Å². The van der Waals surface area contributed by atoms with Gasteiger partial charge in [0.15, 0.2) is 5.65 Å². The van der Waals surface area contributed by atoms with Crippen LogP contribution in [0.25, 0.3) is 34.1 Å². The van der Waals surface area contributed by atoms with Gasteiger partial charge in [-0.3, -0.25) is 9.51 Å². The average molecular weight is 545 g/mol. The zero-order chi connectivity index (χ0) is 26.9. The second-order valence-electron chi connectivity index (χ2n) is 10.3. The van der Waals surface area contributed by atoms with Crippen LogP contribution in [0, 0.1) is 11.8 Å². The molecule has 0 aliphatic heterocycles. The molecule has 2 aromatic carbocycles. The molecule has 0 radical (unpaired) electrons. The highest BCUT2D eigenvalue weighted by Crippen LogP contribution is 2.37. The topological polar surface area (TPSA) is 112 Å². The van der Waals surface area contributed by atoms with Crippen molar-refractivity contribution in [2.24, 2.45) is 11.8 Å². The van der Waals surface area contributed by atoms with Crippen LogP contribution in [-0.2, 0) is 11.3 Å². The summed E-state index contributed by atoms with van der Waals surface area (Å²) in [7, 11) is 1.69. The van der Waals surface area contributed by atoms with Crippen LogP contribution < -0.4 is 5.76 Å². The number of fused-ring (bicyclic) bond motifs is 1. The summed E-state index contributed by atoms with van der Waals surface area (Å²) in [4.78, 5) is 28.9. The van der Waals surface area contributed by atoms with Crippen molar-refractivity contribution < 1.29 is 9.26 Å². The van der Waals surface area contributed by atoms with Gasteiger partial charge in [0.1, 0.15) is 23.1 Å². The number of ether oxygens (including phenoxy) is 1. The van der Waals surface area contributed by atoms with Gasteiger partial charge < -0.3 is 9.30 Å². The molecule has 3 aromatic heterocycles. The quantitative estimate of drug-likeness (QED) is 0.265. The van der Waals surface area contributed by atoms with E-state index in [1.807, 2.05) is 54.6 Å². The number of halogens is 1. The Morgan fingerprint density at radius 1 is 1.08 bits per heavy atom. The molecular formula is C29H29ClN6O3. The van der Waals surface area contributed by atoms with Crippen molar-refractivity contribution in [2.75, 3.05) is 7.11 Å². The van der Waals surface area contributed by atoms with Gasteiger partial charge in [-0.25, -0.2) is 19.7 Å². The van der Waals surface area contributed by atoms with Gasteiger partial charge in [0.2, 0.25) is 11.6 Å².